The van der Waals surface area contributed by atoms with Gasteiger partial charge >= 0.3 is 0 Å². The summed E-state index contributed by atoms with van der Waals surface area (Å²) in [6.45, 7) is 4.00. The predicted octanol–water partition coefficient (Wildman–Crippen LogP) is 1.31. The molecule has 0 aliphatic rings. The van der Waals surface area contributed by atoms with Gasteiger partial charge in [0.15, 0.2) is 0 Å². The minimum atomic E-state index is 0. The van der Waals surface area contributed by atoms with Crippen LogP contribution in [0.5, 0.6) is 0 Å². The van der Waals surface area contributed by atoms with Crippen molar-refractivity contribution in [2.45, 2.75) is 13.8 Å². The summed E-state index contributed by atoms with van der Waals surface area (Å²) in [6.07, 6.45) is 0. The van der Waals surface area contributed by atoms with Crippen LogP contribution in [0.2, 0.25) is 0 Å². The molecule has 0 aliphatic carbocycles. The standard InChI is InChI=1S/C2H7N.C2H6.CH3.Y/c1-3-2;1-2;;/h3H,1-2H3;1-2H3;1H3;/q;;-1;. The van der Waals surface area contributed by atoms with E-state index in [-0.39, 0.29) is 40.1 Å². The van der Waals surface area contributed by atoms with E-state index in [1.165, 1.54) is 0 Å². The maximum absolute atomic E-state index is 2.75. The molecule has 2 heteroatoms. The van der Waals surface area contributed by atoms with Crippen molar-refractivity contribution in [3.63, 3.8) is 0 Å². The molecule has 7 heavy (non-hydrogen) atoms. The van der Waals surface area contributed by atoms with Crippen LogP contribution in [0.15, 0.2) is 0 Å². The van der Waals surface area contributed by atoms with E-state index in [2.05, 4.69) is 5.32 Å². The van der Waals surface area contributed by atoms with Crippen LogP contribution in [0.1, 0.15) is 13.8 Å². The molecule has 0 unspecified atom stereocenters. The fourth-order valence-electron chi connectivity index (χ4n) is 0. The zero-order valence-corrected chi connectivity index (χ0v) is 8.92. The largest absolute Gasteiger partial charge is 0.358 e. The number of nitrogens with one attached hydrogen (secondary N) is 1. The molecule has 0 saturated carbocycles. The third kappa shape index (κ3) is 160. The van der Waals surface area contributed by atoms with Gasteiger partial charge in [-0.1, -0.05) is 13.8 Å². The minimum Gasteiger partial charge on any atom is -0.358 e. The number of hydrogen-bond acceptors (Lipinski definition) is 1. The van der Waals surface area contributed by atoms with Crippen LogP contribution in [0.25, 0.3) is 0 Å². The van der Waals surface area contributed by atoms with Crippen LogP contribution in [0.3, 0.4) is 0 Å². The monoisotopic (exact) mass is 179 g/mol. The van der Waals surface area contributed by atoms with Crippen LogP contribution in [-0.2, 0) is 32.7 Å². The zero-order valence-electron chi connectivity index (χ0n) is 6.08. The Morgan fingerprint density at radius 1 is 1.00 bits per heavy atom. The molecule has 0 spiro atoms. The molecule has 1 nitrogen and oxygen atoms in total. The fourth-order valence-corrected chi connectivity index (χ4v) is 0. The van der Waals surface area contributed by atoms with Crippen molar-refractivity contribution in [1.29, 1.82) is 0 Å². The van der Waals surface area contributed by atoms with Gasteiger partial charge in [0, 0.05) is 32.7 Å². The van der Waals surface area contributed by atoms with Gasteiger partial charge in [-0.05, 0) is 14.1 Å². The molecule has 45 valence electrons. The fraction of sp³-hybridized carbons (Fsp3) is 0.800. The molecule has 0 aromatic heterocycles. The Kier molecular flexibility index (Phi) is 212. The molecule has 0 heterocycles. The molecule has 0 bridgehead atoms. The maximum Gasteiger partial charge on any atom is 0 e. The number of hydrogen-bond donors (Lipinski definition) is 1. The molecule has 1 N–H and O–H groups in total. The molecule has 0 rings (SSSR count). The van der Waals surface area contributed by atoms with Crippen LogP contribution >= 0.6 is 0 Å². The Morgan fingerprint density at radius 3 is 1.00 bits per heavy atom. The van der Waals surface area contributed by atoms with E-state index in [4.69, 9.17) is 0 Å². The third-order valence-electron chi connectivity index (χ3n) is 0. The third-order valence-corrected chi connectivity index (χ3v) is 0. The Bertz CT molecular complexity index is 8.04. The van der Waals surface area contributed by atoms with Crippen molar-refractivity contribution in [3.05, 3.63) is 7.43 Å². The summed E-state index contributed by atoms with van der Waals surface area (Å²) in [5.74, 6) is 0. The van der Waals surface area contributed by atoms with Crippen molar-refractivity contribution in [2.75, 3.05) is 14.1 Å². The van der Waals surface area contributed by atoms with Crippen molar-refractivity contribution in [2.24, 2.45) is 0 Å². The predicted molar refractivity (Wildman–Crippen MR) is 32.7 cm³/mol. The quantitative estimate of drug-likeness (QED) is 0.553. The van der Waals surface area contributed by atoms with Gasteiger partial charge in [-0.3, -0.25) is 0 Å². The normalized spacial score (nSPS) is 3.43. The van der Waals surface area contributed by atoms with Crippen molar-refractivity contribution in [1.82, 2.24) is 5.32 Å². The van der Waals surface area contributed by atoms with E-state index in [9.17, 15) is 0 Å². The Balaban J connectivity index is -0.0000000105. The average Bonchev–Trinajstić information content (AvgIpc) is 1.46. The van der Waals surface area contributed by atoms with Gasteiger partial charge in [0.05, 0.1) is 0 Å². The smallest absolute Gasteiger partial charge is 0 e. The molecule has 0 fully saturated rings. The summed E-state index contributed by atoms with van der Waals surface area (Å²) in [6, 6.07) is 0. The van der Waals surface area contributed by atoms with Crippen LogP contribution in [-0.4, -0.2) is 14.1 Å². The van der Waals surface area contributed by atoms with E-state index < -0.39 is 0 Å². The van der Waals surface area contributed by atoms with E-state index in [0.29, 0.717) is 0 Å². The molecular weight excluding hydrogens is 163 g/mol. The zero-order chi connectivity index (χ0) is 4.71. The van der Waals surface area contributed by atoms with Gasteiger partial charge in [-0.15, -0.1) is 0 Å². The Hall–Kier alpha value is 1.06. The molecule has 0 aromatic carbocycles. The first-order chi connectivity index (χ1) is 2.41. The summed E-state index contributed by atoms with van der Waals surface area (Å²) in [5, 5.41) is 2.75. The second-order valence-corrected chi connectivity index (χ2v) is 0.500. The van der Waals surface area contributed by atoms with E-state index in [1.54, 1.807) is 0 Å². The Morgan fingerprint density at radius 2 is 1.00 bits per heavy atom. The Labute approximate surface area is 73.1 Å². The van der Waals surface area contributed by atoms with Gasteiger partial charge in [-0.25, -0.2) is 0 Å². The molecule has 0 saturated heterocycles. The van der Waals surface area contributed by atoms with Gasteiger partial charge in [0.1, 0.15) is 0 Å². The van der Waals surface area contributed by atoms with Crippen molar-refractivity contribution >= 4 is 0 Å². The molecule has 0 aromatic rings. The van der Waals surface area contributed by atoms with Gasteiger partial charge < -0.3 is 12.7 Å². The van der Waals surface area contributed by atoms with E-state index in [1.807, 2.05) is 27.9 Å². The van der Waals surface area contributed by atoms with Gasteiger partial charge in [0.25, 0.3) is 0 Å². The first kappa shape index (κ1) is 24.4. The van der Waals surface area contributed by atoms with Crippen LogP contribution in [0.4, 0.5) is 0 Å². The van der Waals surface area contributed by atoms with Crippen LogP contribution in [0, 0.1) is 7.43 Å². The topological polar surface area (TPSA) is 12.0 Å². The number of rotatable bonds is 0. The summed E-state index contributed by atoms with van der Waals surface area (Å²) >= 11 is 0. The molecular formula is C5H16NY-. The van der Waals surface area contributed by atoms with Gasteiger partial charge in [-0.2, -0.15) is 0 Å². The molecule has 1 radical (unpaired) electrons. The van der Waals surface area contributed by atoms with E-state index in [0.717, 1.165) is 0 Å². The second kappa shape index (κ2) is 61.0. The van der Waals surface area contributed by atoms with E-state index >= 15 is 0 Å². The molecule has 0 amide bonds. The second-order valence-electron chi connectivity index (χ2n) is 0.500. The van der Waals surface area contributed by atoms with Gasteiger partial charge in [0.2, 0.25) is 0 Å². The summed E-state index contributed by atoms with van der Waals surface area (Å²) in [7, 11) is 3.75. The molecule has 0 atom stereocenters. The van der Waals surface area contributed by atoms with Crippen molar-refractivity contribution < 1.29 is 32.7 Å². The first-order valence-electron chi connectivity index (χ1n) is 2.00. The maximum atomic E-state index is 2.75. The molecule has 0 aliphatic heterocycles. The minimum absolute atomic E-state index is 0. The first-order valence-corrected chi connectivity index (χ1v) is 2.00. The summed E-state index contributed by atoms with van der Waals surface area (Å²) in [5.41, 5.74) is 0. The summed E-state index contributed by atoms with van der Waals surface area (Å²) in [4.78, 5) is 0. The summed E-state index contributed by atoms with van der Waals surface area (Å²) < 4.78 is 0. The van der Waals surface area contributed by atoms with Crippen molar-refractivity contribution in [3.8, 4) is 0 Å². The SMILES string of the molecule is CC.CNC.[CH3-].[Y]. The van der Waals surface area contributed by atoms with Crippen LogP contribution < -0.4 is 5.32 Å². The average molecular weight is 179 g/mol.